The smallest absolute Gasteiger partial charge is 0.126 e. The first-order valence-electron chi connectivity index (χ1n) is 7.47. The lowest BCUT2D eigenvalue weighted by molar-refractivity contribution is 0.322. The molecule has 5 heteroatoms. The Labute approximate surface area is 134 Å². The number of benzene rings is 1. The molecule has 116 valence electrons. The number of hydrogen-bond donors (Lipinski definition) is 2. The summed E-state index contributed by atoms with van der Waals surface area (Å²) in [6.07, 6.45) is 2.83. The average molecular weight is 316 g/mol. The van der Waals surface area contributed by atoms with Gasteiger partial charge in [0.1, 0.15) is 11.6 Å². The molecule has 0 atom stereocenters. The summed E-state index contributed by atoms with van der Waals surface area (Å²) in [5, 5.41) is 12.2. The van der Waals surface area contributed by atoms with Crippen molar-refractivity contribution >= 4 is 17.6 Å². The minimum Gasteiger partial charge on any atom is -0.493 e. The van der Waals surface area contributed by atoms with E-state index in [2.05, 4.69) is 34.6 Å². The Bertz CT molecular complexity index is 634. The number of rotatable bonds is 7. The van der Waals surface area contributed by atoms with Crippen LogP contribution in [-0.2, 0) is 18.7 Å². The Hall–Kier alpha value is -1.72. The largest absolute Gasteiger partial charge is 0.493 e. The van der Waals surface area contributed by atoms with Gasteiger partial charge in [-0.15, -0.1) is 0 Å². The SMILES string of the molecule is OCCSCc1ccnc(NCc2ccc3c(c2)CCO3)c1. The van der Waals surface area contributed by atoms with Crippen molar-refractivity contribution in [2.45, 2.75) is 18.7 Å². The summed E-state index contributed by atoms with van der Waals surface area (Å²) in [6, 6.07) is 10.4. The van der Waals surface area contributed by atoms with E-state index in [0.717, 1.165) is 42.6 Å². The molecule has 1 aromatic heterocycles. The maximum Gasteiger partial charge on any atom is 0.126 e. The molecule has 1 aliphatic heterocycles. The van der Waals surface area contributed by atoms with Crippen molar-refractivity contribution in [1.82, 2.24) is 4.98 Å². The normalized spacial score (nSPS) is 12.8. The standard InChI is InChI=1S/C17H20N2O2S/c20-6-8-22-12-14-3-5-18-17(10-14)19-11-13-1-2-16-15(9-13)4-7-21-16/h1-3,5,9-10,20H,4,6-8,11-12H2,(H,18,19). The predicted octanol–water partition coefficient (Wildman–Crippen LogP) is 2.85. The van der Waals surface area contributed by atoms with Gasteiger partial charge in [-0.1, -0.05) is 12.1 Å². The van der Waals surface area contributed by atoms with Crippen LogP contribution >= 0.6 is 11.8 Å². The average Bonchev–Trinajstić information content (AvgIpc) is 3.01. The second-order valence-electron chi connectivity index (χ2n) is 5.22. The second-order valence-corrected chi connectivity index (χ2v) is 6.32. The molecule has 0 fully saturated rings. The van der Waals surface area contributed by atoms with Gasteiger partial charge in [0.15, 0.2) is 0 Å². The summed E-state index contributed by atoms with van der Waals surface area (Å²) in [4.78, 5) is 4.36. The molecule has 22 heavy (non-hydrogen) atoms. The van der Waals surface area contributed by atoms with E-state index in [1.54, 1.807) is 11.8 Å². The van der Waals surface area contributed by atoms with Crippen LogP contribution in [0, 0.1) is 0 Å². The molecule has 0 saturated heterocycles. The highest BCUT2D eigenvalue weighted by Crippen LogP contribution is 2.26. The van der Waals surface area contributed by atoms with Crippen LogP contribution in [0.4, 0.5) is 5.82 Å². The van der Waals surface area contributed by atoms with Crippen LogP contribution in [0.1, 0.15) is 16.7 Å². The molecule has 2 aromatic rings. The van der Waals surface area contributed by atoms with Gasteiger partial charge in [0.05, 0.1) is 13.2 Å². The molecule has 1 aromatic carbocycles. The first-order chi connectivity index (χ1) is 10.8. The van der Waals surface area contributed by atoms with Crippen molar-refractivity contribution in [2.24, 2.45) is 0 Å². The topological polar surface area (TPSA) is 54.4 Å². The lowest BCUT2D eigenvalue weighted by Gasteiger charge is -2.08. The molecule has 1 aliphatic rings. The third kappa shape index (κ3) is 3.93. The molecule has 0 bridgehead atoms. The van der Waals surface area contributed by atoms with E-state index < -0.39 is 0 Å². The van der Waals surface area contributed by atoms with Crippen molar-refractivity contribution in [2.75, 3.05) is 24.3 Å². The maximum absolute atomic E-state index is 8.82. The quantitative estimate of drug-likeness (QED) is 0.769. The Morgan fingerprint density at radius 3 is 3.09 bits per heavy atom. The summed E-state index contributed by atoms with van der Waals surface area (Å²) in [7, 11) is 0. The lowest BCUT2D eigenvalue weighted by atomic mass is 10.1. The van der Waals surface area contributed by atoms with E-state index >= 15 is 0 Å². The third-order valence-electron chi connectivity index (χ3n) is 3.56. The zero-order valence-electron chi connectivity index (χ0n) is 12.4. The van der Waals surface area contributed by atoms with E-state index in [9.17, 15) is 0 Å². The number of fused-ring (bicyclic) bond motifs is 1. The molecule has 4 nitrogen and oxygen atoms in total. The fourth-order valence-electron chi connectivity index (χ4n) is 2.46. The summed E-state index contributed by atoms with van der Waals surface area (Å²) in [5.41, 5.74) is 3.76. The Morgan fingerprint density at radius 1 is 1.23 bits per heavy atom. The Morgan fingerprint density at radius 2 is 2.18 bits per heavy atom. The number of nitrogens with zero attached hydrogens (tertiary/aromatic N) is 1. The van der Waals surface area contributed by atoms with Crippen LogP contribution in [-0.4, -0.2) is 29.1 Å². The highest BCUT2D eigenvalue weighted by atomic mass is 32.2. The van der Waals surface area contributed by atoms with Crippen molar-refractivity contribution < 1.29 is 9.84 Å². The van der Waals surface area contributed by atoms with E-state index in [-0.39, 0.29) is 6.61 Å². The number of aliphatic hydroxyl groups is 1. The molecule has 0 saturated carbocycles. The van der Waals surface area contributed by atoms with Gasteiger partial charge >= 0.3 is 0 Å². The first-order valence-corrected chi connectivity index (χ1v) is 8.62. The maximum atomic E-state index is 8.82. The van der Waals surface area contributed by atoms with E-state index in [4.69, 9.17) is 9.84 Å². The Balaban J connectivity index is 1.58. The molecule has 0 amide bonds. The molecule has 0 radical (unpaired) electrons. The molecular formula is C17H20N2O2S. The van der Waals surface area contributed by atoms with Crippen molar-refractivity contribution in [3.05, 3.63) is 53.2 Å². The molecule has 0 aliphatic carbocycles. The van der Waals surface area contributed by atoms with Crippen molar-refractivity contribution in [3.63, 3.8) is 0 Å². The number of pyridine rings is 1. The predicted molar refractivity (Wildman–Crippen MR) is 90.5 cm³/mol. The fraction of sp³-hybridized carbons (Fsp3) is 0.353. The van der Waals surface area contributed by atoms with Crippen molar-refractivity contribution in [3.8, 4) is 5.75 Å². The number of hydrogen-bond acceptors (Lipinski definition) is 5. The second kappa shape index (κ2) is 7.51. The van der Waals surface area contributed by atoms with Crippen LogP contribution in [0.5, 0.6) is 5.75 Å². The molecule has 0 unspecified atom stereocenters. The molecule has 2 heterocycles. The van der Waals surface area contributed by atoms with E-state index in [1.807, 2.05) is 12.3 Å². The minimum absolute atomic E-state index is 0.225. The minimum atomic E-state index is 0.225. The summed E-state index contributed by atoms with van der Waals surface area (Å²) in [6.45, 7) is 1.78. The number of ether oxygens (including phenoxy) is 1. The van der Waals surface area contributed by atoms with Crippen LogP contribution in [0.2, 0.25) is 0 Å². The van der Waals surface area contributed by atoms with Gasteiger partial charge in [0.25, 0.3) is 0 Å². The molecular weight excluding hydrogens is 296 g/mol. The van der Waals surface area contributed by atoms with Gasteiger partial charge < -0.3 is 15.2 Å². The highest BCUT2D eigenvalue weighted by molar-refractivity contribution is 7.98. The summed E-state index contributed by atoms with van der Waals surface area (Å²) in [5.74, 6) is 3.57. The zero-order chi connectivity index (χ0) is 15.2. The number of aromatic nitrogens is 1. The van der Waals surface area contributed by atoms with Crippen molar-refractivity contribution in [1.29, 1.82) is 0 Å². The van der Waals surface area contributed by atoms with E-state index in [1.165, 1.54) is 16.7 Å². The lowest BCUT2D eigenvalue weighted by Crippen LogP contribution is -2.02. The summed E-state index contributed by atoms with van der Waals surface area (Å²) >= 11 is 1.72. The van der Waals surface area contributed by atoms with Gasteiger partial charge in [-0.3, -0.25) is 0 Å². The van der Waals surface area contributed by atoms with Crippen LogP contribution in [0.25, 0.3) is 0 Å². The van der Waals surface area contributed by atoms with Crippen LogP contribution in [0.3, 0.4) is 0 Å². The van der Waals surface area contributed by atoms with E-state index in [0.29, 0.717) is 0 Å². The van der Waals surface area contributed by atoms with Gasteiger partial charge in [0.2, 0.25) is 0 Å². The fourth-order valence-corrected chi connectivity index (χ4v) is 3.15. The summed E-state index contributed by atoms with van der Waals surface area (Å²) < 4.78 is 5.53. The molecule has 3 rings (SSSR count). The van der Waals surface area contributed by atoms with Gasteiger partial charge in [-0.25, -0.2) is 4.98 Å². The third-order valence-corrected chi connectivity index (χ3v) is 4.56. The highest BCUT2D eigenvalue weighted by Gasteiger charge is 2.11. The Kier molecular flexibility index (Phi) is 5.19. The number of aliphatic hydroxyl groups excluding tert-OH is 1. The van der Waals surface area contributed by atoms with Gasteiger partial charge in [-0.2, -0.15) is 11.8 Å². The molecule has 2 N–H and O–H groups in total. The monoisotopic (exact) mass is 316 g/mol. The van der Waals surface area contributed by atoms with Crippen LogP contribution < -0.4 is 10.1 Å². The van der Waals surface area contributed by atoms with Crippen LogP contribution in [0.15, 0.2) is 36.5 Å². The molecule has 0 spiro atoms. The number of thioether (sulfide) groups is 1. The first kappa shape index (κ1) is 15.2. The van der Waals surface area contributed by atoms with Gasteiger partial charge in [-0.05, 0) is 34.9 Å². The van der Waals surface area contributed by atoms with Gasteiger partial charge in [0, 0.05) is 30.7 Å². The zero-order valence-corrected chi connectivity index (χ0v) is 13.2. The number of nitrogens with one attached hydrogen (secondary N) is 1. The number of anilines is 1.